The number of rotatable bonds is 2. The molecule has 1 aliphatic heterocycles. The Morgan fingerprint density at radius 1 is 1.80 bits per heavy atom. The molecule has 0 aromatic rings. The Morgan fingerprint density at radius 3 is 2.90 bits per heavy atom. The van der Waals surface area contributed by atoms with Crippen LogP contribution in [0.2, 0.25) is 0 Å². The van der Waals surface area contributed by atoms with E-state index < -0.39 is 0 Å². The second-order valence-corrected chi connectivity index (χ2v) is 2.24. The van der Waals surface area contributed by atoms with Crippen LogP contribution in [0, 0.1) is 0 Å². The molecule has 0 aromatic heterocycles. The fraction of sp³-hybridized carbons (Fsp3) is 0.571. The fourth-order valence-electron chi connectivity index (χ4n) is 0.878. The zero-order valence-corrected chi connectivity index (χ0v) is 6.26. The summed E-state index contributed by atoms with van der Waals surface area (Å²) in [6.07, 6.45) is 1.53. The lowest BCUT2D eigenvalue weighted by Gasteiger charge is -2.07. The fourth-order valence-corrected chi connectivity index (χ4v) is 0.878. The third-order valence-electron chi connectivity index (χ3n) is 1.38. The molecule has 0 spiro atoms. The van der Waals surface area contributed by atoms with Crippen molar-refractivity contribution in [2.75, 3.05) is 20.2 Å². The minimum Gasteiger partial charge on any atom is -0.496 e. The molecule has 0 radical (unpaired) electrons. The molecule has 0 N–H and O–H groups in total. The average molecular weight is 141 g/mol. The standard InChI is InChI=1S/C7H11NO2/c1-3-10-6-4-7(9)8(2)5-6/h4H,3,5H2,1-2H3. The van der Waals surface area contributed by atoms with E-state index in [1.807, 2.05) is 6.92 Å². The van der Waals surface area contributed by atoms with Gasteiger partial charge in [-0.05, 0) is 6.92 Å². The number of ether oxygens (including phenoxy) is 1. The van der Waals surface area contributed by atoms with Crippen molar-refractivity contribution in [1.29, 1.82) is 0 Å². The topological polar surface area (TPSA) is 29.5 Å². The summed E-state index contributed by atoms with van der Waals surface area (Å²) in [6.45, 7) is 3.16. The van der Waals surface area contributed by atoms with Crippen molar-refractivity contribution in [3.05, 3.63) is 11.8 Å². The van der Waals surface area contributed by atoms with E-state index in [2.05, 4.69) is 0 Å². The highest BCUT2D eigenvalue weighted by Gasteiger charge is 2.17. The Labute approximate surface area is 60.3 Å². The molecular formula is C7H11NO2. The number of hydrogen-bond acceptors (Lipinski definition) is 2. The van der Waals surface area contributed by atoms with Crippen LogP contribution in [0.15, 0.2) is 11.8 Å². The first-order valence-electron chi connectivity index (χ1n) is 3.32. The Kier molecular flexibility index (Phi) is 1.94. The molecule has 0 bridgehead atoms. The first-order chi connectivity index (χ1) is 4.74. The highest BCUT2D eigenvalue weighted by Crippen LogP contribution is 2.08. The second-order valence-electron chi connectivity index (χ2n) is 2.24. The highest BCUT2D eigenvalue weighted by molar-refractivity contribution is 5.90. The maximum atomic E-state index is 10.8. The van der Waals surface area contributed by atoms with Gasteiger partial charge in [0.1, 0.15) is 5.76 Å². The molecule has 0 saturated heterocycles. The molecule has 0 aromatic carbocycles. The molecule has 10 heavy (non-hydrogen) atoms. The first kappa shape index (κ1) is 7.12. The van der Waals surface area contributed by atoms with Crippen LogP contribution < -0.4 is 0 Å². The van der Waals surface area contributed by atoms with E-state index in [1.165, 1.54) is 6.08 Å². The molecular weight excluding hydrogens is 130 g/mol. The van der Waals surface area contributed by atoms with Gasteiger partial charge in [0.05, 0.1) is 13.2 Å². The predicted molar refractivity (Wildman–Crippen MR) is 37.3 cm³/mol. The third-order valence-corrected chi connectivity index (χ3v) is 1.38. The molecule has 1 amide bonds. The van der Waals surface area contributed by atoms with Crippen LogP contribution in [0.4, 0.5) is 0 Å². The SMILES string of the molecule is CCOC1=CC(=O)N(C)C1. The summed E-state index contributed by atoms with van der Waals surface area (Å²) >= 11 is 0. The normalized spacial score (nSPS) is 17.6. The van der Waals surface area contributed by atoms with Crippen LogP contribution in [0.3, 0.4) is 0 Å². The van der Waals surface area contributed by atoms with Crippen molar-refractivity contribution < 1.29 is 9.53 Å². The van der Waals surface area contributed by atoms with E-state index in [0.29, 0.717) is 13.2 Å². The van der Waals surface area contributed by atoms with Crippen LogP contribution in [-0.4, -0.2) is 31.0 Å². The summed E-state index contributed by atoms with van der Waals surface area (Å²) in [5.74, 6) is 0.804. The molecule has 1 rings (SSSR count). The number of nitrogens with zero attached hydrogens (tertiary/aromatic N) is 1. The van der Waals surface area contributed by atoms with Gasteiger partial charge in [0.2, 0.25) is 5.91 Å². The molecule has 0 saturated carbocycles. The van der Waals surface area contributed by atoms with Gasteiger partial charge in [-0.3, -0.25) is 4.79 Å². The summed E-state index contributed by atoms with van der Waals surface area (Å²) in [5, 5.41) is 0. The van der Waals surface area contributed by atoms with Crippen LogP contribution in [-0.2, 0) is 9.53 Å². The maximum Gasteiger partial charge on any atom is 0.250 e. The molecule has 0 atom stereocenters. The highest BCUT2D eigenvalue weighted by atomic mass is 16.5. The van der Waals surface area contributed by atoms with Crippen molar-refractivity contribution in [1.82, 2.24) is 4.90 Å². The minimum absolute atomic E-state index is 0.0310. The van der Waals surface area contributed by atoms with Gasteiger partial charge in [-0.2, -0.15) is 0 Å². The molecule has 3 nitrogen and oxygen atoms in total. The molecule has 3 heteroatoms. The number of amides is 1. The van der Waals surface area contributed by atoms with Gasteiger partial charge in [0.25, 0.3) is 0 Å². The Balaban J connectivity index is 2.50. The molecule has 1 aliphatic rings. The van der Waals surface area contributed by atoms with Crippen molar-refractivity contribution in [3.63, 3.8) is 0 Å². The van der Waals surface area contributed by atoms with Crippen molar-refractivity contribution in [3.8, 4) is 0 Å². The summed E-state index contributed by atoms with van der Waals surface area (Å²) in [5.41, 5.74) is 0. The Morgan fingerprint density at radius 2 is 2.50 bits per heavy atom. The maximum absolute atomic E-state index is 10.8. The van der Waals surface area contributed by atoms with Crippen LogP contribution >= 0.6 is 0 Å². The van der Waals surface area contributed by atoms with Gasteiger partial charge in [0, 0.05) is 13.1 Å². The molecule has 0 unspecified atom stereocenters. The molecule has 56 valence electrons. The smallest absolute Gasteiger partial charge is 0.250 e. The van der Waals surface area contributed by atoms with Gasteiger partial charge in [-0.25, -0.2) is 0 Å². The van der Waals surface area contributed by atoms with Gasteiger partial charge in [-0.1, -0.05) is 0 Å². The molecule has 0 fully saturated rings. The van der Waals surface area contributed by atoms with E-state index in [0.717, 1.165) is 5.76 Å². The van der Waals surface area contributed by atoms with E-state index >= 15 is 0 Å². The van der Waals surface area contributed by atoms with Gasteiger partial charge in [0.15, 0.2) is 0 Å². The predicted octanol–water partition coefficient (Wildman–Crippen LogP) is 0.379. The first-order valence-corrected chi connectivity index (χ1v) is 3.32. The van der Waals surface area contributed by atoms with Crippen LogP contribution in [0.1, 0.15) is 6.92 Å². The minimum atomic E-state index is 0.0310. The van der Waals surface area contributed by atoms with Gasteiger partial charge in [-0.15, -0.1) is 0 Å². The third kappa shape index (κ3) is 1.29. The van der Waals surface area contributed by atoms with Crippen LogP contribution in [0.5, 0.6) is 0 Å². The number of likely N-dealkylation sites (N-methyl/N-ethyl adjacent to an activating group) is 1. The monoisotopic (exact) mass is 141 g/mol. The van der Waals surface area contributed by atoms with E-state index in [9.17, 15) is 4.79 Å². The lowest BCUT2D eigenvalue weighted by atomic mass is 10.5. The molecule has 0 aliphatic carbocycles. The van der Waals surface area contributed by atoms with Crippen molar-refractivity contribution in [2.45, 2.75) is 6.92 Å². The molecule has 1 heterocycles. The lowest BCUT2D eigenvalue weighted by molar-refractivity contribution is -0.123. The van der Waals surface area contributed by atoms with Gasteiger partial charge < -0.3 is 9.64 Å². The van der Waals surface area contributed by atoms with Crippen LogP contribution in [0.25, 0.3) is 0 Å². The zero-order valence-electron chi connectivity index (χ0n) is 6.26. The lowest BCUT2D eigenvalue weighted by Crippen LogP contribution is -2.20. The Bertz CT molecular complexity index is 174. The average Bonchev–Trinajstić information content (AvgIpc) is 2.14. The van der Waals surface area contributed by atoms with Crippen molar-refractivity contribution >= 4 is 5.91 Å². The summed E-state index contributed by atoms with van der Waals surface area (Å²) < 4.78 is 5.14. The Hall–Kier alpha value is -0.990. The quantitative estimate of drug-likeness (QED) is 0.556. The van der Waals surface area contributed by atoms with E-state index in [4.69, 9.17) is 4.74 Å². The number of hydrogen-bond donors (Lipinski definition) is 0. The zero-order chi connectivity index (χ0) is 7.56. The summed E-state index contributed by atoms with van der Waals surface area (Å²) in [4.78, 5) is 12.4. The van der Waals surface area contributed by atoms with Gasteiger partial charge >= 0.3 is 0 Å². The van der Waals surface area contributed by atoms with E-state index in [1.54, 1.807) is 11.9 Å². The number of carbonyl (C=O) groups excluding carboxylic acids is 1. The van der Waals surface area contributed by atoms with Crippen molar-refractivity contribution in [2.24, 2.45) is 0 Å². The van der Waals surface area contributed by atoms with E-state index in [-0.39, 0.29) is 5.91 Å². The summed E-state index contributed by atoms with van der Waals surface area (Å²) in [6, 6.07) is 0. The largest absolute Gasteiger partial charge is 0.496 e. The second kappa shape index (κ2) is 2.73. The number of carbonyl (C=O) groups is 1. The summed E-state index contributed by atoms with van der Waals surface area (Å²) in [7, 11) is 1.75.